The van der Waals surface area contributed by atoms with Gasteiger partial charge in [0.2, 0.25) is 0 Å². The van der Waals surface area contributed by atoms with Crippen LogP contribution in [0.15, 0.2) is 24.3 Å². The number of nitrogens with zero attached hydrogens (tertiary/aromatic N) is 1. The third-order valence-corrected chi connectivity index (χ3v) is 3.13. The number of likely N-dealkylation sites (tertiary alicyclic amines) is 1. The van der Waals surface area contributed by atoms with Crippen LogP contribution in [0.2, 0.25) is 0 Å². The molecule has 0 radical (unpaired) electrons. The summed E-state index contributed by atoms with van der Waals surface area (Å²) in [6.07, 6.45) is -0.788. The molecule has 2 rings (SSSR count). The van der Waals surface area contributed by atoms with Crippen molar-refractivity contribution in [1.29, 1.82) is 0 Å². The van der Waals surface area contributed by atoms with Crippen LogP contribution in [0.5, 0.6) is 0 Å². The first kappa shape index (κ1) is 13.0. The lowest BCUT2D eigenvalue weighted by Crippen LogP contribution is -2.45. The van der Waals surface area contributed by atoms with Gasteiger partial charge in [-0.15, -0.1) is 0 Å². The first-order valence-electron chi connectivity index (χ1n) is 6.01. The van der Waals surface area contributed by atoms with E-state index in [1.807, 2.05) is 0 Å². The van der Waals surface area contributed by atoms with Crippen LogP contribution >= 0.6 is 0 Å². The van der Waals surface area contributed by atoms with Crippen LogP contribution in [0, 0.1) is 0 Å². The van der Waals surface area contributed by atoms with E-state index in [9.17, 15) is 13.6 Å². The highest BCUT2D eigenvalue weighted by Crippen LogP contribution is 2.21. The van der Waals surface area contributed by atoms with Gasteiger partial charge in [0.25, 0.3) is 12.3 Å². The molecule has 1 fully saturated rings. The van der Waals surface area contributed by atoms with Crippen molar-refractivity contribution in [3.05, 3.63) is 35.4 Å². The van der Waals surface area contributed by atoms with Crippen LogP contribution < -0.4 is 5.73 Å². The fourth-order valence-corrected chi connectivity index (χ4v) is 2.18. The second kappa shape index (κ2) is 5.44. The summed E-state index contributed by atoms with van der Waals surface area (Å²) in [5.41, 5.74) is 5.99. The predicted octanol–water partition coefficient (Wildman–Crippen LogP) is 2.19. The predicted molar refractivity (Wildman–Crippen MR) is 64.5 cm³/mol. The zero-order valence-electron chi connectivity index (χ0n) is 9.98. The first-order valence-corrected chi connectivity index (χ1v) is 6.01. The van der Waals surface area contributed by atoms with Crippen LogP contribution in [0.4, 0.5) is 8.78 Å². The number of hydrogen-bond donors (Lipinski definition) is 1. The molecular weight excluding hydrogens is 238 g/mol. The molecule has 0 spiro atoms. The van der Waals surface area contributed by atoms with Gasteiger partial charge in [0.05, 0.1) is 0 Å². The number of amides is 1. The maximum Gasteiger partial charge on any atom is 0.263 e. The van der Waals surface area contributed by atoms with Crippen LogP contribution in [0.3, 0.4) is 0 Å². The summed E-state index contributed by atoms with van der Waals surface area (Å²) in [7, 11) is 0. The number of nitrogens with two attached hydrogens (primary N) is 1. The van der Waals surface area contributed by atoms with E-state index in [4.69, 9.17) is 5.73 Å². The second-order valence-electron chi connectivity index (χ2n) is 4.58. The Morgan fingerprint density at radius 3 is 2.89 bits per heavy atom. The molecule has 1 aliphatic rings. The number of rotatable bonds is 2. The molecule has 1 heterocycles. The average molecular weight is 254 g/mol. The minimum atomic E-state index is -2.55. The standard InChI is InChI=1S/C13H16F2N2O/c14-12(15)9-3-1-4-10(7-9)13(18)17-6-2-5-11(16)8-17/h1,3-4,7,11-12H,2,5-6,8,16H2. The number of piperidine rings is 1. The maximum atomic E-state index is 12.6. The molecule has 0 saturated carbocycles. The lowest BCUT2D eigenvalue weighted by atomic mass is 10.0. The molecule has 1 amide bonds. The fourth-order valence-electron chi connectivity index (χ4n) is 2.18. The van der Waals surface area contributed by atoms with Gasteiger partial charge in [0, 0.05) is 30.3 Å². The Balaban J connectivity index is 2.15. The monoisotopic (exact) mass is 254 g/mol. The number of benzene rings is 1. The Labute approximate surface area is 105 Å². The van der Waals surface area contributed by atoms with E-state index in [1.165, 1.54) is 18.2 Å². The molecule has 1 atom stereocenters. The van der Waals surface area contributed by atoms with Gasteiger partial charge in [0.1, 0.15) is 0 Å². The number of hydrogen-bond acceptors (Lipinski definition) is 2. The molecule has 98 valence electrons. The Bertz CT molecular complexity index is 437. The van der Waals surface area contributed by atoms with Crippen LogP contribution in [0.1, 0.15) is 35.2 Å². The Hall–Kier alpha value is -1.49. The van der Waals surface area contributed by atoms with Crippen molar-refractivity contribution < 1.29 is 13.6 Å². The maximum absolute atomic E-state index is 12.6. The molecule has 1 aromatic rings. The van der Waals surface area contributed by atoms with E-state index in [1.54, 1.807) is 11.0 Å². The molecule has 0 bridgehead atoms. The van der Waals surface area contributed by atoms with E-state index >= 15 is 0 Å². The van der Waals surface area contributed by atoms with E-state index in [2.05, 4.69) is 0 Å². The summed E-state index contributed by atoms with van der Waals surface area (Å²) >= 11 is 0. The summed E-state index contributed by atoms with van der Waals surface area (Å²) in [4.78, 5) is 13.8. The van der Waals surface area contributed by atoms with Crippen LogP contribution in [-0.4, -0.2) is 29.9 Å². The van der Waals surface area contributed by atoms with Gasteiger partial charge in [-0.3, -0.25) is 4.79 Å². The van der Waals surface area contributed by atoms with Crippen molar-refractivity contribution in [3.63, 3.8) is 0 Å². The zero-order chi connectivity index (χ0) is 13.1. The second-order valence-corrected chi connectivity index (χ2v) is 4.58. The van der Waals surface area contributed by atoms with Crippen molar-refractivity contribution in [3.8, 4) is 0 Å². The van der Waals surface area contributed by atoms with E-state index in [0.717, 1.165) is 12.8 Å². The number of halogens is 2. The summed E-state index contributed by atoms with van der Waals surface area (Å²) in [5, 5.41) is 0. The Morgan fingerprint density at radius 1 is 1.44 bits per heavy atom. The minimum absolute atomic E-state index is 0.0130. The molecule has 3 nitrogen and oxygen atoms in total. The van der Waals surface area contributed by atoms with Crippen LogP contribution in [-0.2, 0) is 0 Å². The lowest BCUT2D eigenvalue weighted by molar-refractivity contribution is 0.0708. The normalized spacial score (nSPS) is 20.2. The molecule has 1 aliphatic heterocycles. The summed E-state index contributed by atoms with van der Waals surface area (Å²) < 4.78 is 25.1. The third-order valence-electron chi connectivity index (χ3n) is 3.13. The molecular formula is C13H16F2N2O. The van der Waals surface area contributed by atoms with Gasteiger partial charge in [0.15, 0.2) is 0 Å². The molecule has 0 aromatic heterocycles. The van der Waals surface area contributed by atoms with Crippen molar-refractivity contribution in [2.75, 3.05) is 13.1 Å². The molecule has 18 heavy (non-hydrogen) atoms. The summed E-state index contributed by atoms with van der Waals surface area (Å²) in [6.45, 7) is 1.14. The topological polar surface area (TPSA) is 46.3 Å². The van der Waals surface area contributed by atoms with Crippen molar-refractivity contribution in [2.45, 2.75) is 25.3 Å². The average Bonchev–Trinajstić information content (AvgIpc) is 2.38. The largest absolute Gasteiger partial charge is 0.337 e. The van der Waals surface area contributed by atoms with Gasteiger partial charge in [-0.2, -0.15) is 0 Å². The minimum Gasteiger partial charge on any atom is -0.337 e. The van der Waals surface area contributed by atoms with Crippen LogP contribution in [0.25, 0.3) is 0 Å². The van der Waals surface area contributed by atoms with E-state index in [-0.39, 0.29) is 17.5 Å². The lowest BCUT2D eigenvalue weighted by Gasteiger charge is -2.30. The smallest absolute Gasteiger partial charge is 0.263 e. The van der Waals surface area contributed by atoms with Gasteiger partial charge in [-0.25, -0.2) is 8.78 Å². The van der Waals surface area contributed by atoms with E-state index < -0.39 is 6.43 Å². The highest BCUT2D eigenvalue weighted by atomic mass is 19.3. The quantitative estimate of drug-likeness (QED) is 0.879. The van der Waals surface area contributed by atoms with Gasteiger partial charge in [-0.1, -0.05) is 12.1 Å². The zero-order valence-corrected chi connectivity index (χ0v) is 9.98. The van der Waals surface area contributed by atoms with Crippen molar-refractivity contribution in [1.82, 2.24) is 4.90 Å². The number of alkyl halides is 2. The van der Waals surface area contributed by atoms with Crippen molar-refractivity contribution in [2.24, 2.45) is 5.73 Å². The molecule has 2 N–H and O–H groups in total. The Kier molecular flexibility index (Phi) is 3.91. The third kappa shape index (κ3) is 2.85. The molecule has 5 heteroatoms. The van der Waals surface area contributed by atoms with E-state index in [0.29, 0.717) is 18.7 Å². The highest BCUT2D eigenvalue weighted by Gasteiger charge is 2.22. The fraction of sp³-hybridized carbons (Fsp3) is 0.462. The summed E-state index contributed by atoms with van der Waals surface area (Å²) in [6, 6.07) is 5.62. The number of carbonyl (C=O) groups is 1. The Morgan fingerprint density at radius 2 is 2.22 bits per heavy atom. The molecule has 1 aromatic carbocycles. The van der Waals surface area contributed by atoms with Crippen molar-refractivity contribution >= 4 is 5.91 Å². The number of carbonyl (C=O) groups excluding carboxylic acids is 1. The molecule has 0 aliphatic carbocycles. The highest BCUT2D eigenvalue weighted by molar-refractivity contribution is 5.94. The molecule has 1 unspecified atom stereocenters. The molecule has 1 saturated heterocycles. The SMILES string of the molecule is NC1CCCN(C(=O)c2cccc(C(F)F)c2)C1. The van der Waals surface area contributed by atoms with Gasteiger partial charge in [-0.05, 0) is 25.0 Å². The van der Waals surface area contributed by atoms with Gasteiger partial charge >= 0.3 is 0 Å². The summed E-state index contributed by atoms with van der Waals surface area (Å²) in [5.74, 6) is -0.215. The first-order chi connectivity index (χ1) is 8.58. The van der Waals surface area contributed by atoms with Gasteiger partial charge < -0.3 is 10.6 Å².